The molecule has 0 aliphatic heterocycles. The number of halogens is 1. The topological polar surface area (TPSA) is 29.5 Å². The quantitative estimate of drug-likeness (QED) is 0.802. The van der Waals surface area contributed by atoms with Crippen molar-refractivity contribution in [2.45, 2.75) is 45.3 Å². The van der Waals surface area contributed by atoms with Crippen LogP contribution in [0.1, 0.15) is 33.6 Å². The fourth-order valence-electron chi connectivity index (χ4n) is 1.74. The van der Waals surface area contributed by atoms with E-state index in [2.05, 4.69) is 0 Å². The van der Waals surface area contributed by atoms with Crippen molar-refractivity contribution in [2.75, 3.05) is 4.90 Å². The Bertz CT molecular complexity index is 432. The van der Waals surface area contributed by atoms with E-state index >= 15 is 0 Å². The van der Waals surface area contributed by atoms with E-state index in [4.69, 9.17) is 16.3 Å². The van der Waals surface area contributed by atoms with Gasteiger partial charge in [0.15, 0.2) is 0 Å². The van der Waals surface area contributed by atoms with Crippen LogP contribution in [0.4, 0.5) is 10.5 Å². The van der Waals surface area contributed by atoms with Gasteiger partial charge in [0.1, 0.15) is 6.10 Å². The van der Waals surface area contributed by atoms with Crippen LogP contribution in [0.15, 0.2) is 24.3 Å². The third kappa shape index (κ3) is 3.16. The van der Waals surface area contributed by atoms with E-state index in [0.717, 1.165) is 18.5 Å². The maximum Gasteiger partial charge on any atom is 0.415 e. The molecule has 4 heteroatoms. The lowest BCUT2D eigenvalue weighted by Gasteiger charge is -2.34. The van der Waals surface area contributed by atoms with Crippen molar-refractivity contribution < 1.29 is 9.53 Å². The van der Waals surface area contributed by atoms with E-state index < -0.39 is 0 Å². The lowest BCUT2D eigenvalue weighted by Crippen LogP contribution is -2.46. The van der Waals surface area contributed by atoms with Crippen LogP contribution >= 0.6 is 11.6 Å². The van der Waals surface area contributed by atoms with Crippen LogP contribution in [0.25, 0.3) is 0 Å². The molecule has 0 aromatic heterocycles. The first kappa shape index (κ1) is 13.2. The Morgan fingerprint density at radius 2 is 1.83 bits per heavy atom. The number of ether oxygens (including phenoxy) is 1. The first-order valence-electron chi connectivity index (χ1n) is 6.14. The van der Waals surface area contributed by atoms with Gasteiger partial charge in [-0.1, -0.05) is 11.6 Å². The average molecular weight is 268 g/mol. The zero-order valence-corrected chi connectivity index (χ0v) is 11.7. The highest BCUT2D eigenvalue weighted by Crippen LogP contribution is 2.30. The van der Waals surface area contributed by atoms with Gasteiger partial charge in [0.2, 0.25) is 0 Å². The predicted octanol–water partition coefficient (Wildman–Crippen LogP) is 4.24. The molecule has 1 aliphatic carbocycles. The summed E-state index contributed by atoms with van der Waals surface area (Å²) in [6.07, 6.45) is 1.77. The van der Waals surface area contributed by atoms with Crippen molar-refractivity contribution in [3.8, 4) is 0 Å². The Morgan fingerprint density at radius 3 is 2.28 bits per heavy atom. The third-order valence-corrected chi connectivity index (χ3v) is 2.98. The summed E-state index contributed by atoms with van der Waals surface area (Å²) in [5.74, 6) is 0. The average Bonchev–Trinajstić information content (AvgIpc) is 3.03. The minimum Gasteiger partial charge on any atom is -0.446 e. The minimum absolute atomic E-state index is 0.106. The van der Waals surface area contributed by atoms with E-state index in [1.54, 1.807) is 17.0 Å². The SMILES string of the molecule is CC(C)(C)N(C(=O)OC1CC1)c1ccc(Cl)cc1. The van der Waals surface area contributed by atoms with E-state index in [9.17, 15) is 4.79 Å². The Morgan fingerprint density at radius 1 is 1.28 bits per heavy atom. The molecule has 1 amide bonds. The van der Waals surface area contributed by atoms with Crippen LogP contribution in [0, 0.1) is 0 Å². The summed E-state index contributed by atoms with van der Waals surface area (Å²) < 4.78 is 5.39. The Kier molecular flexibility index (Phi) is 3.53. The Hall–Kier alpha value is -1.22. The number of amides is 1. The molecule has 0 unspecified atom stereocenters. The summed E-state index contributed by atoms with van der Waals surface area (Å²) in [5, 5.41) is 0.656. The predicted molar refractivity (Wildman–Crippen MR) is 73.2 cm³/mol. The van der Waals surface area contributed by atoms with Crippen molar-refractivity contribution in [3.05, 3.63) is 29.3 Å². The van der Waals surface area contributed by atoms with E-state index in [0.29, 0.717) is 5.02 Å². The molecule has 2 rings (SSSR count). The van der Waals surface area contributed by atoms with Gasteiger partial charge in [-0.05, 0) is 57.9 Å². The maximum absolute atomic E-state index is 12.2. The summed E-state index contributed by atoms with van der Waals surface area (Å²) in [7, 11) is 0. The molecule has 0 heterocycles. The van der Waals surface area contributed by atoms with Gasteiger partial charge in [-0.2, -0.15) is 0 Å². The summed E-state index contributed by atoms with van der Waals surface area (Å²) >= 11 is 5.87. The van der Waals surface area contributed by atoms with Crippen LogP contribution in [-0.2, 0) is 4.74 Å². The Balaban J connectivity index is 2.23. The van der Waals surface area contributed by atoms with Crippen LogP contribution in [-0.4, -0.2) is 17.7 Å². The lowest BCUT2D eigenvalue weighted by molar-refractivity contribution is 0.141. The zero-order chi connectivity index (χ0) is 13.3. The molecular formula is C14H18ClNO2. The number of anilines is 1. The molecule has 18 heavy (non-hydrogen) atoms. The van der Waals surface area contributed by atoms with Gasteiger partial charge >= 0.3 is 6.09 Å². The van der Waals surface area contributed by atoms with Crippen LogP contribution in [0.2, 0.25) is 5.02 Å². The molecule has 1 saturated carbocycles. The maximum atomic E-state index is 12.2. The lowest BCUT2D eigenvalue weighted by atomic mass is 10.1. The number of carbonyl (C=O) groups excluding carboxylic acids is 1. The van der Waals surface area contributed by atoms with Gasteiger partial charge in [-0.15, -0.1) is 0 Å². The van der Waals surface area contributed by atoms with Crippen LogP contribution in [0.3, 0.4) is 0 Å². The standard InChI is InChI=1S/C14H18ClNO2/c1-14(2,3)16(13(17)18-12-8-9-12)11-6-4-10(15)5-7-11/h4-7,12H,8-9H2,1-3H3. The Labute approximate surface area is 113 Å². The first-order chi connectivity index (χ1) is 8.38. The van der Waals surface area contributed by atoms with E-state index in [1.165, 1.54) is 0 Å². The second kappa shape index (κ2) is 4.81. The monoisotopic (exact) mass is 267 g/mol. The fraction of sp³-hybridized carbons (Fsp3) is 0.500. The normalized spacial score (nSPS) is 15.3. The third-order valence-electron chi connectivity index (χ3n) is 2.73. The number of hydrogen-bond acceptors (Lipinski definition) is 2. The van der Waals surface area contributed by atoms with Crippen molar-refractivity contribution in [2.24, 2.45) is 0 Å². The highest BCUT2D eigenvalue weighted by atomic mass is 35.5. The molecule has 1 aromatic rings. The fourth-order valence-corrected chi connectivity index (χ4v) is 1.86. The molecule has 0 bridgehead atoms. The van der Waals surface area contributed by atoms with E-state index in [1.807, 2.05) is 32.9 Å². The molecule has 1 aromatic carbocycles. The smallest absolute Gasteiger partial charge is 0.415 e. The molecule has 1 fully saturated rings. The minimum atomic E-state index is -0.334. The highest BCUT2D eigenvalue weighted by Gasteiger charge is 2.34. The number of hydrogen-bond donors (Lipinski definition) is 0. The number of nitrogens with zero attached hydrogens (tertiary/aromatic N) is 1. The summed E-state index contributed by atoms with van der Waals surface area (Å²) in [6.45, 7) is 5.95. The molecule has 0 spiro atoms. The number of rotatable bonds is 2. The van der Waals surface area contributed by atoms with Crippen molar-refractivity contribution in [3.63, 3.8) is 0 Å². The van der Waals surface area contributed by atoms with Gasteiger partial charge < -0.3 is 4.74 Å². The van der Waals surface area contributed by atoms with Crippen molar-refractivity contribution >= 4 is 23.4 Å². The molecule has 0 saturated heterocycles. The zero-order valence-electron chi connectivity index (χ0n) is 10.9. The van der Waals surface area contributed by atoms with Crippen LogP contribution < -0.4 is 4.90 Å². The van der Waals surface area contributed by atoms with Gasteiger partial charge in [0, 0.05) is 16.2 Å². The number of benzene rings is 1. The van der Waals surface area contributed by atoms with Gasteiger partial charge in [-0.25, -0.2) is 4.79 Å². The number of carbonyl (C=O) groups is 1. The van der Waals surface area contributed by atoms with Gasteiger partial charge in [0.25, 0.3) is 0 Å². The van der Waals surface area contributed by atoms with Crippen molar-refractivity contribution in [1.82, 2.24) is 0 Å². The molecule has 0 radical (unpaired) electrons. The molecule has 1 aliphatic rings. The molecule has 3 nitrogen and oxygen atoms in total. The molecular weight excluding hydrogens is 250 g/mol. The molecule has 0 atom stereocenters. The second-order valence-electron chi connectivity index (χ2n) is 5.57. The summed E-state index contributed by atoms with van der Waals surface area (Å²) in [6, 6.07) is 7.23. The molecule has 0 N–H and O–H groups in total. The largest absolute Gasteiger partial charge is 0.446 e. The first-order valence-corrected chi connectivity index (χ1v) is 6.52. The van der Waals surface area contributed by atoms with Crippen LogP contribution in [0.5, 0.6) is 0 Å². The van der Waals surface area contributed by atoms with Gasteiger partial charge in [0.05, 0.1) is 0 Å². The summed E-state index contributed by atoms with van der Waals surface area (Å²) in [5.41, 5.74) is 0.470. The van der Waals surface area contributed by atoms with Crippen molar-refractivity contribution in [1.29, 1.82) is 0 Å². The molecule has 98 valence electrons. The second-order valence-corrected chi connectivity index (χ2v) is 6.00. The van der Waals surface area contributed by atoms with E-state index in [-0.39, 0.29) is 17.7 Å². The highest BCUT2D eigenvalue weighted by molar-refractivity contribution is 6.30. The van der Waals surface area contributed by atoms with Gasteiger partial charge in [-0.3, -0.25) is 4.90 Å². The summed E-state index contributed by atoms with van der Waals surface area (Å²) in [4.78, 5) is 13.9.